The number of rotatable bonds is 9. The van der Waals surface area contributed by atoms with Gasteiger partial charge in [0.15, 0.2) is 0 Å². The topological polar surface area (TPSA) is 66.5 Å². The fourth-order valence-corrected chi connectivity index (χ4v) is 4.58. The third-order valence-corrected chi connectivity index (χ3v) is 6.27. The van der Waals surface area contributed by atoms with E-state index in [0.29, 0.717) is 12.2 Å². The lowest BCUT2D eigenvalue weighted by atomic mass is 10.1. The van der Waals surface area contributed by atoms with Crippen molar-refractivity contribution in [2.45, 2.75) is 26.5 Å². The van der Waals surface area contributed by atoms with Crippen LogP contribution in [0.25, 0.3) is 0 Å². The Hall–Kier alpha value is -1.99. The second-order valence-corrected chi connectivity index (χ2v) is 10.0. The van der Waals surface area contributed by atoms with E-state index in [1.807, 2.05) is 26.0 Å². The van der Waals surface area contributed by atoms with E-state index < -0.39 is 10.0 Å². The molecule has 0 aliphatic rings. The van der Waals surface area contributed by atoms with E-state index in [4.69, 9.17) is 0 Å². The number of carbonyl (C=O) groups is 1. The highest BCUT2D eigenvalue weighted by atomic mass is 32.2. The van der Waals surface area contributed by atoms with E-state index in [2.05, 4.69) is 30.4 Å². The van der Waals surface area contributed by atoms with Gasteiger partial charge in [0.05, 0.1) is 11.9 Å². The van der Waals surface area contributed by atoms with Crippen LogP contribution in [-0.2, 0) is 20.6 Å². The summed E-state index contributed by atoms with van der Waals surface area (Å²) in [5, 5.41) is 2.82. The average Bonchev–Trinajstić information content (AvgIpc) is 2.57. The highest BCUT2D eigenvalue weighted by molar-refractivity contribution is 7.98. The summed E-state index contributed by atoms with van der Waals surface area (Å²) in [6.07, 6.45) is 1.12. The lowest BCUT2D eigenvalue weighted by Gasteiger charge is -2.22. The maximum atomic E-state index is 12.3. The molecule has 2 rings (SSSR count). The molecule has 0 aliphatic carbocycles. The van der Waals surface area contributed by atoms with Gasteiger partial charge < -0.3 is 5.32 Å². The molecule has 152 valence electrons. The number of nitrogens with one attached hydrogen (secondary N) is 1. The van der Waals surface area contributed by atoms with Crippen LogP contribution in [0.3, 0.4) is 0 Å². The smallest absolute Gasteiger partial charge is 0.240 e. The van der Waals surface area contributed by atoms with Crippen molar-refractivity contribution in [1.29, 1.82) is 0 Å². The Kier molecular flexibility index (Phi) is 7.95. The first kappa shape index (κ1) is 22.3. The van der Waals surface area contributed by atoms with Crippen molar-refractivity contribution in [3.05, 3.63) is 64.7 Å². The normalized spacial score (nSPS) is 11.3. The van der Waals surface area contributed by atoms with Gasteiger partial charge in [-0.15, -0.1) is 0 Å². The van der Waals surface area contributed by atoms with Crippen molar-refractivity contribution < 1.29 is 13.2 Å². The summed E-state index contributed by atoms with van der Waals surface area (Å²) in [7, 11) is -3.55. The zero-order valence-corrected chi connectivity index (χ0v) is 18.5. The van der Waals surface area contributed by atoms with Gasteiger partial charge in [-0.05, 0) is 49.6 Å². The molecular weight excluding hydrogens is 392 g/mol. The number of sulfonamides is 1. The highest BCUT2D eigenvalue weighted by Gasteiger charge is 2.21. The molecule has 0 heterocycles. The van der Waals surface area contributed by atoms with Crippen LogP contribution >= 0.6 is 11.8 Å². The van der Waals surface area contributed by atoms with Crippen LogP contribution in [0.4, 0.5) is 5.69 Å². The number of thioether (sulfide) groups is 1. The van der Waals surface area contributed by atoms with Crippen molar-refractivity contribution >= 4 is 33.4 Å². The average molecular weight is 421 g/mol. The number of benzene rings is 2. The maximum Gasteiger partial charge on any atom is 0.240 e. The minimum absolute atomic E-state index is 0.218. The fraction of sp³-hybridized carbons (Fsp3) is 0.381. The maximum absolute atomic E-state index is 12.3. The second kappa shape index (κ2) is 9.98. The van der Waals surface area contributed by atoms with E-state index in [9.17, 15) is 13.2 Å². The van der Waals surface area contributed by atoms with Crippen LogP contribution in [0.2, 0.25) is 0 Å². The molecular formula is C21H28N2O3S2. The van der Waals surface area contributed by atoms with Crippen molar-refractivity contribution in [2.75, 3.05) is 29.4 Å². The molecule has 0 saturated carbocycles. The Labute approximate surface area is 172 Å². The Balaban J connectivity index is 1.86. The summed E-state index contributed by atoms with van der Waals surface area (Å²) in [5.41, 5.74) is 4.92. The summed E-state index contributed by atoms with van der Waals surface area (Å²) >= 11 is 1.74. The molecule has 0 unspecified atom stereocenters. The van der Waals surface area contributed by atoms with Crippen LogP contribution < -0.4 is 9.62 Å². The van der Waals surface area contributed by atoms with E-state index in [1.165, 1.54) is 11.1 Å². The minimum atomic E-state index is -3.55. The molecule has 0 radical (unpaired) electrons. The first-order valence-electron chi connectivity index (χ1n) is 9.11. The Morgan fingerprint density at radius 2 is 1.71 bits per heavy atom. The molecule has 2 aromatic rings. The van der Waals surface area contributed by atoms with Crippen molar-refractivity contribution in [3.63, 3.8) is 0 Å². The van der Waals surface area contributed by atoms with Gasteiger partial charge in [0.1, 0.15) is 6.54 Å². The standard InChI is InChI=1S/C21H28N2O3S2/c1-16-6-5-7-19(11-16)15-27-9-8-22-21(24)14-23(28(4,25)26)20-12-17(2)10-18(3)13-20/h5-7,10-13H,8-9,14-15H2,1-4H3,(H,22,24). The third kappa shape index (κ3) is 7.20. The predicted molar refractivity (Wildman–Crippen MR) is 118 cm³/mol. The molecule has 0 bridgehead atoms. The van der Waals surface area contributed by atoms with Gasteiger partial charge in [-0.2, -0.15) is 11.8 Å². The fourth-order valence-electron chi connectivity index (χ4n) is 2.94. The molecule has 1 N–H and O–H groups in total. The number of carbonyl (C=O) groups excluding carboxylic acids is 1. The van der Waals surface area contributed by atoms with Gasteiger partial charge in [-0.3, -0.25) is 9.10 Å². The summed E-state index contributed by atoms with van der Waals surface area (Å²) < 4.78 is 25.5. The van der Waals surface area contributed by atoms with Gasteiger partial charge in [0, 0.05) is 18.1 Å². The number of hydrogen-bond acceptors (Lipinski definition) is 4. The number of aryl methyl sites for hydroxylation is 3. The third-order valence-electron chi connectivity index (χ3n) is 4.10. The Bertz CT molecular complexity index is 907. The molecule has 7 heteroatoms. The highest BCUT2D eigenvalue weighted by Crippen LogP contribution is 2.21. The molecule has 0 aromatic heterocycles. The van der Waals surface area contributed by atoms with Gasteiger partial charge in [0.25, 0.3) is 0 Å². The second-order valence-electron chi connectivity index (χ2n) is 7.01. The first-order valence-corrected chi connectivity index (χ1v) is 12.1. The molecule has 2 aromatic carbocycles. The SMILES string of the molecule is Cc1cccc(CSCCNC(=O)CN(c2cc(C)cc(C)c2)S(C)(=O)=O)c1. The monoisotopic (exact) mass is 420 g/mol. The van der Waals surface area contributed by atoms with Crippen LogP contribution in [0.5, 0.6) is 0 Å². The van der Waals surface area contributed by atoms with E-state index >= 15 is 0 Å². The molecule has 28 heavy (non-hydrogen) atoms. The van der Waals surface area contributed by atoms with Gasteiger partial charge in [-0.25, -0.2) is 8.42 Å². The van der Waals surface area contributed by atoms with Crippen LogP contribution in [0.1, 0.15) is 22.3 Å². The summed E-state index contributed by atoms with van der Waals surface area (Å²) in [4.78, 5) is 12.3. The van der Waals surface area contributed by atoms with E-state index in [0.717, 1.165) is 33.2 Å². The molecule has 5 nitrogen and oxygen atoms in total. The number of amides is 1. The lowest BCUT2D eigenvalue weighted by molar-refractivity contribution is -0.119. The summed E-state index contributed by atoms with van der Waals surface area (Å²) in [5.74, 6) is 1.35. The molecule has 0 atom stereocenters. The number of anilines is 1. The van der Waals surface area contributed by atoms with Crippen molar-refractivity contribution in [1.82, 2.24) is 5.32 Å². The summed E-state index contributed by atoms with van der Waals surface area (Å²) in [6, 6.07) is 13.9. The van der Waals surface area contributed by atoms with Gasteiger partial charge >= 0.3 is 0 Å². The quantitative estimate of drug-likeness (QED) is 0.631. The first-order chi connectivity index (χ1) is 13.1. The number of hydrogen-bond donors (Lipinski definition) is 1. The van der Waals surface area contributed by atoms with Crippen LogP contribution in [-0.4, -0.2) is 39.4 Å². The Morgan fingerprint density at radius 1 is 1.04 bits per heavy atom. The Morgan fingerprint density at radius 3 is 2.32 bits per heavy atom. The van der Waals surface area contributed by atoms with E-state index in [-0.39, 0.29) is 12.5 Å². The molecule has 0 aliphatic heterocycles. The largest absolute Gasteiger partial charge is 0.354 e. The van der Waals surface area contributed by atoms with E-state index in [1.54, 1.807) is 23.9 Å². The molecule has 0 saturated heterocycles. The molecule has 0 fully saturated rings. The lowest BCUT2D eigenvalue weighted by Crippen LogP contribution is -2.41. The minimum Gasteiger partial charge on any atom is -0.354 e. The van der Waals surface area contributed by atoms with Crippen LogP contribution in [0.15, 0.2) is 42.5 Å². The van der Waals surface area contributed by atoms with Gasteiger partial charge in [0.2, 0.25) is 15.9 Å². The predicted octanol–water partition coefficient (Wildman–Crippen LogP) is 3.43. The van der Waals surface area contributed by atoms with Crippen molar-refractivity contribution in [2.24, 2.45) is 0 Å². The van der Waals surface area contributed by atoms with Gasteiger partial charge in [-0.1, -0.05) is 35.9 Å². The molecule has 1 amide bonds. The zero-order valence-electron chi connectivity index (χ0n) is 16.9. The zero-order chi connectivity index (χ0) is 20.7. The summed E-state index contributed by atoms with van der Waals surface area (Å²) in [6.45, 7) is 6.16. The van der Waals surface area contributed by atoms with Crippen LogP contribution in [0, 0.1) is 20.8 Å². The van der Waals surface area contributed by atoms with Crippen molar-refractivity contribution in [3.8, 4) is 0 Å². The molecule has 0 spiro atoms. The number of nitrogens with zero attached hydrogens (tertiary/aromatic N) is 1.